The zero-order valence-electron chi connectivity index (χ0n) is 10.1. The number of nitrogens with zero attached hydrogens (tertiary/aromatic N) is 1. The molecular weight excluding hydrogens is 232 g/mol. The number of aromatic nitrogens is 1. The first-order valence-corrected chi connectivity index (χ1v) is 5.70. The highest BCUT2D eigenvalue weighted by Crippen LogP contribution is 2.20. The quantitative estimate of drug-likeness (QED) is 0.736. The van der Waals surface area contributed by atoms with Gasteiger partial charge >= 0.3 is 0 Å². The van der Waals surface area contributed by atoms with Crippen LogP contribution in [0.15, 0.2) is 30.3 Å². The van der Waals surface area contributed by atoms with E-state index >= 15 is 0 Å². The van der Waals surface area contributed by atoms with Gasteiger partial charge in [-0.05, 0) is 30.3 Å². The van der Waals surface area contributed by atoms with E-state index in [1.165, 1.54) is 0 Å². The van der Waals surface area contributed by atoms with Crippen molar-refractivity contribution in [1.82, 2.24) is 4.98 Å². The zero-order valence-corrected chi connectivity index (χ0v) is 10.1. The van der Waals surface area contributed by atoms with E-state index in [-0.39, 0.29) is 13.2 Å². The molecule has 96 valence electrons. The molecule has 1 aromatic heterocycles. The smallest absolute Gasteiger partial charge is 0.126 e. The summed E-state index contributed by atoms with van der Waals surface area (Å²) in [5.41, 5.74) is 0.847. The molecule has 0 fully saturated rings. The number of pyridine rings is 1. The Morgan fingerprint density at radius 2 is 2.17 bits per heavy atom. The molecule has 0 bridgehead atoms. The Kier molecular flexibility index (Phi) is 3.96. The van der Waals surface area contributed by atoms with Gasteiger partial charge in [-0.25, -0.2) is 4.98 Å². The van der Waals surface area contributed by atoms with E-state index in [9.17, 15) is 5.11 Å². The first-order chi connectivity index (χ1) is 8.72. The summed E-state index contributed by atoms with van der Waals surface area (Å²) in [4.78, 5) is 4.40. The lowest BCUT2D eigenvalue weighted by atomic mass is 10.2. The molecule has 0 radical (unpaired) electrons. The molecule has 5 heteroatoms. The Hall–Kier alpha value is -1.85. The van der Waals surface area contributed by atoms with Crippen LogP contribution in [0.25, 0.3) is 10.9 Å². The van der Waals surface area contributed by atoms with E-state index in [1.54, 1.807) is 7.11 Å². The van der Waals surface area contributed by atoms with Crippen LogP contribution in [0.2, 0.25) is 0 Å². The monoisotopic (exact) mass is 248 g/mol. The van der Waals surface area contributed by atoms with Crippen LogP contribution in [0.1, 0.15) is 0 Å². The molecule has 1 atom stereocenters. The second-order valence-corrected chi connectivity index (χ2v) is 3.97. The van der Waals surface area contributed by atoms with Crippen molar-refractivity contribution >= 4 is 16.7 Å². The van der Waals surface area contributed by atoms with Crippen molar-refractivity contribution in [2.75, 3.05) is 25.6 Å². The van der Waals surface area contributed by atoms with Gasteiger partial charge in [0.25, 0.3) is 0 Å². The minimum atomic E-state index is -0.779. The van der Waals surface area contributed by atoms with Crippen molar-refractivity contribution in [3.8, 4) is 5.75 Å². The molecule has 0 unspecified atom stereocenters. The molecular formula is C13H16N2O3. The van der Waals surface area contributed by atoms with Crippen LogP contribution in [0, 0.1) is 0 Å². The molecule has 0 amide bonds. The molecule has 2 rings (SSSR count). The van der Waals surface area contributed by atoms with Gasteiger partial charge in [0.1, 0.15) is 11.6 Å². The van der Waals surface area contributed by atoms with Crippen molar-refractivity contribution in [3.63, 3.8) is 0 Å². The minimum absolute atomic E-state index is 0.266. The lowest BCUT2D eigenvalue weighted by Gasteiger charge is -2.10. The lowest BCUT2D eigenvalue weighted by Crippen LogP contribution is -2.23. The van der Waals surface area contributed by atoms with Crippen LogP contribution in [-0.2, 0) is 0 Å². The highest BCUT2D eigenvalue weighted by atomic mass is 16.5. The van der Waals surface area contributed by atoms with Gasteiger partial charge in [-0.1, -0.05) is 0 Å². The standard InChI is InChI=1S/C13H16N2O3/c1-18-11-3-4-12-9(6-11)2-5-13(15-12)14-7-10(17)8-16/h2-6,10,16-17H,7-8H2,1H3,(H,14,15)/t10-/m0/s1. The minimum Gasteiger partial charge on any atom is -0.497 e. The van der Waals surface area contributed by atoms with Gasteiger partial charge in [0.05, 0.1) is 25.3 Å². The van der Waals surface area contributed by atoms with E-state index in [0.717, 1.165) is 16.7 Å². The normalized spacial score (nSPS) is 12.4. The number of hydrogen-bond donors (Lipinski definition) is 3. The molecule has 2 aromatic rings. The van der Waals surface area contributed by atoms with E-state index < -0.39 is 6.10 Å². The van der Waals surface area contributed by atoms with Crippen LogP contribution in [0.4, 0.5) is 5.82 Å². The third-order valence-corrected chi connectivity index (χ3v) is 2.63. The summed E-state index contributed by atoms with van der Waals surface area (Å²) < 4.78 is 5.14. The predicted molar refractivity (Wildman–Crippen MR) is 69.9 cm³/mol. The lowest BCUT2D eigenvalue weighted by molar-refractivity contribution is 0.105. The zero-order chi connectivity index (χ0) is 13.0. The molecule has 18 heavy (non-hydrogen) atoms. The van der Waals surface area contributed by atoms with Gasteiger partial charge in [0.2, 0.25) is 0 Å². The van der Waals surface area contributed by atoms with Crippen LogP contribution in [-0.4, -0.2) is 41.6 Å². The Morgan fingerprint density at radius 3 is 2.89 bits per heavy atom. The average Bonchev–Trinajstić information content (AvgIpc) is 2.43. The number of aliphatic hydroxyl groups excluding tert-OH is 2. The summed E-state index contributed by atoms with van der Waals surface area (Å²) in [7, 11) is 1.63. The number of rotatable bonds is 5. The first kappa shape index (κ1) is 12.6. The van der Waals surface area contributed by atoms with Crippen molar-refractivity contribution in [2.24, 2.45) is 0 Å². The summed E-state index contributed by atoms with van der Waals surface area (Å²) in [5, 5.41) is 21.9. The molecule has 0 saturated heterocycles. The van der Waals surface area contributed by atoms with E-state index in [2.05, 4.69) is 10.3 Å². The van der Waals surface area contributed by atoms with Gasteiger partial charge in [-0.15, -0.1) is 0 Å². The summed E-state index contributed by atoms with van der Waals surface area (Å²) >= 11 is 0. The molecule has 0 aliphatic heterocycles. The van der Waals surface area contributed by atoms with Crippen molar-refractivity contribution < 1.29 is 14.9 Å². The first-order valence-electron chi connectivity index (χ1n) is 5.70. The predicted octanol–water partition coefficient (Wildman–Crippen LogP) is 1.01. The number of anilines is 1. The number of methoxy groups -OCH3 is 1. The molecule has 0 aliphatic rings. The number of hydrogen-bond acceptors (Lipinski definition) is 5. The maximum absolute atomic E-state index is 9.24. The van der Waals surface area contributed by atoms with Crippen molar-refractivity contribution in [1.29, 1.82) is 0 Å². The number of ether oxygens (including phenoxy) is 1. The SMILES string of the molecule is COc1ccc2nc(NC[C@H](O)CO)ccc2c1. The Balaban J connectivity index is 2.17. The molecule has 0 spiro atoms. The topological polar surface area (TPSA) is 74.6 Å². The highest BCUT2D eigenvalue weighted by molar-refractivity contribution is 5.81. The second-order valence-electron chi connectivity index (χ2n) is 3.97. The summed E-state index contributed by atoms with van der Waals surface area (Å²) in [5.74, 6) is 1.46. The van der Waals surface area contributed by atoms with E-state index in [1.807, 2.05) is 30.3 Å². The van der Waals surface area contributed by atoms with Crippen molar-refractivity contribution in [3.05, 3.63) is 30.3 Å². The number of nitrogens with one attached hydrogen (secondary N) is 1. The molecule has 0 aliphatic carbocycles. The largest absolute Gasteiger partial charge is 0.497 e. The number of benzene rings is 1. The van der Waals surface area contributed by atoms with Gasteiger partial charge in [0.15, 0.2) is 0 Å². The number of fused-ring (bicyclic) bond motifs is 1. The molecule has 1 aromatic carbocycles. The maximum atomic E-state index is 9.24. The average molecular weight is 248 g/mol. The Labute approximate surface area is 105 Å². The fourth-order valence-electron chi connectivity index (χ4n) is 1.62. The Bertz CT molecular complexity index is 531. The van der Waals surface area contributed by atoms with Gasteiger partial charge in [0, 0.05) is 11.9 Å². The molecule has 5 nitrogen and oxygen atoms in total. The summed E-state index contributed by atoms with van der Waals surface area (Å²) in [6.45, 7) is 0.00292. The molecule has 1 heterocycles. The fraction of sp³-hybridized carbons (Fsp3) is 0.308. The van der Waals surface area contributed by atoms with Gasteiger partial charge in [-0.3, -0.25) is 0 Å². The van der Waals surface area contributed by atoms with E-state index in [4.69, 9.17) is 9.84 Å². The van der Waals surface area contributed by atoms with Gasteiger partial charge < -0.3 is 20.3 Å². The highest BCUT2D eigenvalue weighted by Gasteiger charge is 2.03. The van der Waals surface area contributed by atoms with Crippen LogP contribution in [0.3, 0.4) is 0 Å². The fourth-order valence-corrected chi connectivity index (χ4v) is 1.62. The maximum Gasteiger partial charge on any atom is 0.126 e. The summed E-state index contributed by atoms with van der Waals surface area (Å²) in [6.07, 6.45) is -0.779. The van der Waals surface area contributed by atoms with Crippen molar-refractivity contribution in [2.45, 2.75) is 6.10 Å². The summed E-state index contributed by atoms with van der Waals surface area (Å²) in [6, 6.07) is 9.39. The number of aliphatic hydroxyl groups is 2. The second kappa shape index (κ2) is 5.66. The molecule has 3 N–H and O–H groups in total. The molecule has 0 saturated carbocycles. The van der Waals surface area contributed by atoms with Gasteiger partial charge in [-0.2, -0.15) is 0 Å². The third kappa shape index (κ3) is 2.88. The van der Waals surface area contributed by atoms with Crippen LogP contribution >= 0.6 is 0 Å². The Morgan fingerprint density at radius 1 is 1.33 bits per heavy atom. The van der Waals surface area contributed by atoms with Crippen LogP contribution < -0.4 is 10.1 Å². The third-order valence-electron chi connectivity index (χ3n) is 2.63. The van der Waals surface area contributed by atoms with E-state index in [0.29, 0.717) is 5.82 Å². The van der Waals surface area contributed by atoms with Crippen LogP contribution in [0.5, 0.6) is 5.75 Å².